The molecule has 0 spiro atoms. The van der Waals surface area contributed by atoms with Crippen LogP contribution in [0.25, 0.3) is 0 Å². The van der Waals surface area contributed by atoms with E-state index in [1.54, 1.807) is 0 Å². The standard InChI is InChI=1S/C14H22BrNO2/c1-3-16(4-2)9-10-17-11-12-18-14-8-6-5-7-13(14)15/h5-8H,3-4,9-12H2,1-2H3. The minimum Gasteiger partial charge on any atom is -0.490 e. The van der Waals surface area contributed by atoms with Crippen LogP contribution >= 0.6 is 15.9 Å². The van der Waals surface area contributed by atoms with Crippen molar-refractivity contribution in [1.82, 2.24) is 4.90 Å². The second-order valence-electron chi connectivity index (χ2n) is 3.92. The van der Waals surface area contributed by atoms with Gasteiger partial charge in [-0.1, -0.05) is 26.0 Å². The highest BCUT2D eigenvalue weighted by molar-refractivity contribution is 9.10. The van der Waals surface area contributed by atoms with E-state index in [0.717, 1.165) is 36.5 Å². The van der Waals surface area contributed by atoms with Crippen molar-refractivity contribution in [3.05, 3.63) is 28.7 Å². The molecule has 1 rings (SSSR count). The molecule has 0 aliphatic rings. The number of hydrogen-bond donors (Lipinski definition) is 0. The molecule has 0 atom stereocenters. The van der Waals surface area contributed by atoms with E-state index < -0.39 is 0 Å². The van der Waals surface area contributed by atoms with Crippen LogP contribution in [0.5, 0.6) is 5.75 Å². The number of para-hydroxylation sites is 1. The van der Waals surface area contributed by atoms with Crippen LogP contribution in [0.3, 0.4) is 0 Å². The van der Waals surface area contributed by atoms with Crippen molar-refractivity contribution in [2.75, 3.05) is 39.5 Å². The molecular formula is C14H22BrNO2. The summed E-state index contributed by atoms with van der Waals surface area (Å²) in [6.07, 6.45) is 0. The molecule has 0 heterocycles. The van der Waals surface area contributed by atoms with E-state index in [0.29, 0.717) is 13.2 Å². The molecule has 18 heavy (non-hydrogen) atoms. The molecule has 102 valence electrons. The van der Waals surface area contributed by atoms with Gasteiger partial charge >= 0.3 is 0 Å². The van der Waals surface area contributed by atoms with Gasteiger partial charge in [-0.15, -0.1) is 0 Å². The predicted molar refractivity (Wildman–Crippen MR) is 78.2 cm³/mol. The van der Waals surface area contributed by atoms with Crippen molar-refractivity contribution in [2.24, 2.45) is 0 Å². The first-order valence-electron chi connectivity index (χ1n) is 6.45. The minimum absolute atomic E-state index is 0.584. The van der Waals surface area contributed by atoms with E-state index in [1.165, 1.54) is 0 Å². The van der Waals surface area contributed by atoms with E-state index >= 15 is 0 Å². The quantitative estimate of drug-likeness (QED) is 0.653. The number of hydrogen-bond acceptors (Lipinski definition) is 3. The molecule has 1 aromatic carbocycles. The maximum Gasteiger partial charge on any atom is 0.133 e. The lowest BCUT2D eigenvalue weighted by Gasteiger charge is -2.17. The molecule has 0 saturated carbocycles. The smallest absolute Gasteiger partial charge is 0.133 e. The van der Waals surface area contributed by atoms with Gasteiger partial charge in [0.2, 0.25) is 0 Å². The highest BCUT2D eigenvalue weighted by Gasteiger charge is 2.00. The first kappa shape index (κ1) is 15.5. The van der Waals surface area contributed by atoms with Crippen molar-refractivity contribution in [3.63, 3.8) is 0 Å². The zero-order valence-corrected chi connectivity index (χ0v) is 12.8. The molecule has 0 N–H and O–H groups in total. The minimum atomic E-state index is 0.584. The van der Waals surface area contributed by atoms with Gasteiger partial charge in [0.1, 0.15) is 12.4 Å². The number of benzene rings is 1. The third kappa shape index (κ3) is 5.85. The van der Waals surface area contributed by atoms with Gasteiger partial charge in [-0.3, -0.25) is 0 Å². The van der Waals surface area contributed by atoms with E-state index in [4.69, 9.17) is 9.47 Å². The average molecular weight is 316 g/mol. The normalized spacial score (nSPS) is 10.9. The molecule has 0 aliphatic carbocycles. The Morgan fingerprint density at radius 3 is 2.44 bits per heavy atom. The highest BCUT2D eigenvalue weighted by atomic mass is 79.9. The molecule has 4 heteroatoms. The zero-order valence-electron chi connectivity index (χ0n) is 11.2. The number of rotatable bonds is 9. The van der Waals surface area contributed by atoms with Crippen molar-refractivity contribution >= 4 is 15.9 Å². The maximum absolute atomic E-state index is 5.61. The van der Waals surface area contributed by atoms with Crippen LogP contribution in [0.1, 0.15) is 13.8 Å². The lowest BCUT2D eigenvalue weighted by atomic mass is 10.3. The first-order valence-corrected chi connectivity index (χ1v) is 7.24. The summed E-state index contributed by atoms with van der Waals surface area (Å²) in [6, 6.07) is 7.84. The molecule has 0 radical (unpaired) electrons. The summed E-state index contributed by atoms with van der Waals surface area (Å²) < 4.78 is 12.1. The van der Waals surface area contributed by atoms with Crippen molar-refractivity contribution in [3.8, 4) is 5.75 Å². The monoisotopic (exact) mass is 315 g/mol. The number of halogens is 1. The van der Waals surface area contributed by atoms with Gasteiger partial charge in [-0.2, -0.15) is 0 Å². The molecule has 0 aromatic heterocycles. The van der Waals surface area contributed by atoms with Gasteiger partial charge in [0, 0.05) is 6.54 Å². The summed E-state index contributed by atoms with van der Waals surface area (Å²) in [5.41, 5.74) is 0. The predicted octanol–water partition coefficient (Wildman–Crippen LogP) is 3.19. The van der Waals surface area contributed by atoms with Crippen LogP contribution in [-0.2, 0) is 4.74 Å². The lowest BCUT2D eigenvalue weighted by molar-refractivity contribution is 0.0817. The summed E-state index contributed by atoms with van der Waals surface area (Å²) >= 11 is 3.44. The summed E-state index contributed by atoms with van der Waals surface area (Å²) in [7, 11) is 0. The summed E-state index contributed by atoms with van der Waals surface area (Å²) in [5.74, 6) is 0.866. The number of likely N-dealkylation sites (N-methyl/N-ethyl adjacent to an activating group) is 1. The Labute approximate surface area is 118 Å². The van der Waals surface area contributed by atoms with Gasteiger partial charge in [-0.25, -0.2) is 0 Å². The largest absolute Gasteiger partial charge is 0.490 e. The Balaban J connectivity index is 2.07. The van der Waals surface area contributed by atoms with Crippen molar-refractivity contribution in [1.29, 1.82) is 0 Å². The van der Waals surface area contributed by atoms with E-state index in [1.807, 2.05) is 24.3 Å². The topological polar surface area (TPSA) is 21.7 Å². The summed E-state index contributed by atoms with van der Waals surface area (Å²) in [6.45, 7) is 9.45. The average Bonchev–Trinajstić information content (AvgIpc) is 2.40. The van der Waals surface area contributed by atoms with Gasteiger partial charge in [-0.05, 0) is 41.2 Å². The fourth-order valence-electron chi connectivity index (χ4n) is 1.61. The first-order chi connectivity index (χ1) is 8.77. The fraction of sp³-hybridized carbons (Fsp3) is 0.571. The Bertz CT molecular complexity index is 329. The van der Waals surface area contributed by atoms with Crippen LogP contribution in [0, 0.1) is 0 Å². The summed E-state index contributed by atoms with van der Waals surface area (Å²) in [5, 5.41) is 0. The summed E-state index contributed by atoms with van der Waals surface area (Å²) in [4.78, 5) is 2.34. The van der Waals surface area contributed by atoms with Crippen LogP contribution in [0.2, 0.25) is 0 Å². The molecule has 0 fully saturated rings. The van der Waals surface area contributed by atoms with E-state index in [-0.39, 0.29) is 0 Å². The van der Waals surface area contributed by atoms with Crippen LogP contribution in [-0.4, -0.2) is 44.4 Å². The molecule has 0 aliphatic heterocycles. The molecule has 0 saturated heterocycles. The molecule has 1 aromatic rings. The van der Waals surface area contributed by atoms with Gasteiger partial charge in [0.05, 0.1) is 17.7 Å². The van der Waals surface area contributed by atoms with Crippen molar-refractivity contribution < 1.29 is 9.47 Å². The SMILES string of the molecule is CCN(CC)CCOCCOc1ccccc1Br. The van der Waals surface area contributed by atoms with E-state index in [9.17, 15) is 0 Å². The number of ether oxygens (including phenoxy) is 2. The maximum atomic E-state index is 5.61. The van der Waals surface area contributed by atoms with Crippen LogP contribution in [0.4, 0.5) is 0 Å². The fourth-order valence-corrected chi connectivity index (χ4v) is 2.01. The number of nitrogens with zero attached hydrogens (tertiary/aromatic N) is 1. The highest BCUT2D eigenvalue weighted by Crippen LogP contribution is 2.23. The second-order valence-corrected chi connectivity index (χ2v) is 4.77. The Hall–Kier alpha value is -0.580. The third-order valence-corrected chi connectivity index (χ3v) is 3.42. The molecule has 0 bridgehead atoms. The Morgan fingerprint density at radius 1 is 1.06 bits per heavy atom. The van der Waals surface area contributed by atoms with Crippen LogP contribution in [0.15, 0.2) is 28.7 Å². The van der Waals surface area contributed by atoms with E-state index in [2.05, 4.69) is 34.7 Å². The Kier molecular flexibility index (Phi) is 8.05. The van der Waals surface area contributed by atoms with Crippen molar-refractivity contribution in [2.45, 2.75) is 13.8 Å². The second kappa shape index (κ2) is 9.36. The Morgan fingerprint density at radius 2 is 1.78 bits per heavy atom. The van der Waals surface area contributed by atoms with Gasteiger partial charge < -0.3 is 14.4 Å². The molecular weight excluding hydrogens is 294 g/mol. The lowest BCUT2D eigenvalue weighted by Crippen LogP contribution is -2.27. The van der Waals surface area contributed by atoms with Crippen LogP contribution < -0.4 is 4.74 Å². The van der Waals surface area contributed by atoms with Gasteiger partial charge in [0.15, 0.2) is 0 Å². The molecule has 0 amide bonds. The van der Waals surface area contributed by atoms with Gasteiger partial charge in [0.25, 0.3) is 0 Å². The third-order valence-electron chi connectivity index (χ3n) is 2.77. The zero-order chi connectivity index (χ0) is 13.2. The molecule has 0 unspecified atom stereocenters. The molecule has 3 nitrogen and oxygen atoms in total.